The van der Waals surface area contributed by atoms with Crippen LogP contribution in [0.1, 0.15) is 21.6 Å². The Morgan fingerprint density at radius 3 is 2.74 bits per heavy atom. The quantitative estimate of drug-likeness (QED) is 0.902. The Hall–Kier alpha value is -2.94. The van der Waals surface area contributed by atoms with Crippen molar-refractivity contribution in [1.82, 2.24) is 9.97 Å². The van der Waals surface area contributed by atoms with Gasteiger partial charge in [0.1, 0.15) is 17.4 Å². The predicted molar refractivity (Wildman–Crippen MR) is 65.0 cm³/mol. The van der Waals surface area contributed by atoms with Crippen molar-refractivity contribution in [2.24, 2.45) is 0 Å². The number of nitriles is 1. The number of carboxylic acid groups (broad SMARTS) is 1. The fraction of sp³-hybridized carbons (Fsp3) is 0.0769. The van der Waals surface area contributed by atoms with E-state index in [0.29, 0.717) is 5.56 Å². The van der Waals surface area contributed by atoms with E-state index in [-0.39, 0.29) is 22.9 Å². The summed E-state index contributed by atoms with van der Waals surface area (Å²) in [6.07, 6.45) is 2.53. The lowest BCUT2D eigenvalue weighted by atomic mass is 10.1. The number of carboxylic acids is 1. The van der Waals surface area contributed by atoms with Gasteiger partial charge in [-0.1, -0.05) is 12.1 Å². The Bertz CT molecular complexity index is 660. The largest absolute Gasteiger partial charge is 0.478 e. The Morgan fingerprint density at radius 1 is 1.37 bits per heavy atom. The van der Waals surface area contributed by atoms with Crippen LogP contribution < -0.4 is 4.74 Å². The molecule has 1 aromatic carbocycles. The second-order valence-electron chi connectivity index (χ2n) is 3.71. The third-order valence-corrected chi connectivity index (χ3v) is 2.39. The summed E-state index contributed by atoms with van der Waals surface area (Å²) in [5.41, 5.74) is 0.882. The van der Waals surface area contributed by atoms with Crippen LogP contribution in [-0.4, -0.2) is 21.0 Å². The molecule has 6 nitrogen and oxygen atoms in total. The standard InChI is InChI=1S/C13H9N3O3/c1-8-3-2-4-10(13(17)18)12(8)19-11-7-15-9(5-14)6-16-11/h2-4,6-7H,1H3,(H,17,18). The molecule has 1 heterocycles. The molecule has 0 aliphatic rings. The Labute approximate surface area is 108 Å². The topological polar surface area (TPSA) is 96.1 Å². The summed E-state index contributed by atoms with van der Waals surface area (Å²) in [4.78, 5) is 18.8. The molecule has 0 radical (unpaired) electrons. The van der Waals surface area contributed by atoms with Crippen LogP contribution in [0, 0.1) is 18.3 Å². The van der Waals surface area contributed by atoms with Gasteiger partial charge in [0.2, 0.25) is 5.88 Å². The van der Waals surface area contributed by atoms with Gasteiger partial charge in [0.15, 0.2) is 5.69 Å². The van der Waals surface area contributed by atoms with E-state index in [2.05, 4.69) is 9.97 Å². The number of aromatic carboxylic acids is 1. The lowest BCUT2D eigenvalue weighted by molar-refractivity contribution is 0.0694. The number of hydrogen-bond acceptors (Lipinski definition) is 5. The summed E-state index contributed by atoms with van der Waals surface area (Å²) in [6.45, 7) is 1.73. The van der Waals surface area contributed by atoms with Crippen LogP contribution in [0.3, 0.4) is 0 Å². The van der Waals surface area contributed by atoms with Crippen molar-refractivity contribution in [3.63, 3.8) is 0 Å². The summed E-state index contributed by atoms with van der Waals surface area (Å²) in [7, 11) is 0. The summed E-state index contributed by atoms with van der Waals surface area (Å²) in [5, 5.41) is 17.7. The minimum atomic E-state index is -1.08. The van der Waals surface area contributed by atoms with Crippen molar-refractivity contribution in [2.45, 2.75) is 6.92 Å². The molecule has 0 aliphatic carbocycles. The van der Waals surface area contributed by atoms with E-state index in [1.54, 1.807) is 19.1 Å². The first-order valence-corrected chi connectivity index (χ1v) is 5.34. The molecule has 2 rings (SSSR count). The molecule has 6 heteroatoms. The molecule has 0 fully saturated rings. The highest BCUT2D eigenvalue weighted by Crippen LogP contribution is 2.27. The normalized spacial score (nSPS) is 9.68. The minimum Gasteiger partial charge on any atom is -0.478 e. The molecule has 0 amide bonds. The second-order valence-corrected chi connectivity index (χ2v) is 3.71. The van der Waals surface area contributed by atoms with Crippen LogP contribution in [-0.2, 0) is 0 Å². The summed E-state index contributed by atoms with van der Waals surface area (Å²) in [5.74, 6) is -0.731. The molecule has 1 aromatic heterocycles. The maximum Gasteiger partial charge on any atom is 0.339 e. The number of ether oxygens (including phenoxy) is 1. The number of para-hydroxylation sites is 1. The van der Waals surface area contributed by atoms with Gasteiger partial charge < -0.3 is 9.84 Å². The maximum absolute atomic E-state index is 11.1. The summed E-state index contributed by atoms with van der Waals surface area (Å²) in [6, 6.07) is 6.65. The molecule has 0 unspecified atom stereocenters. The highest BCUT2D eigenvalue weighted by atomic mass is 16.5. The Morgan fingerprint density at radius 2 is 2.16 bits per heavy atom. The fourth-order valence-electron chi connectivity index (χ4n) is 1.49. The predicted octanol–water partition coefficient (Wildman–Crippen LogP) is 2.15. The zero-order chi connectivity index (χ0) is 13.8. The highest BCUT2D eigenvalue weighted by Gasteiger charge is 2.14. The molecule has 1 N–H and O–H groups in total. The van der Waals surface area contributed by atoms with E-state index < -0.39 is 5.97 Å². The van der Waals surface area contributed by atoms with E-state index in [1.807, 2.05) is 6.07 Å². The lowest BCUT2D eigenvalue weighted by Gasteiger charge is -2.10. The molecule has 0 atom stereocenters. The summed E-state index contributed by atoms with van der Waals surface area (Å²) < 4.78 is 5.44. The number of carbonyl (C=O) groups is 1. The van der Waals surface area contributed by atoms with Crippen molar-refractivity contribution in [2.75, 3.05) is 0 Å². The molecule has 0 bridgehead atoms. The van der Waals surface area contributed by atoms with Gasteiger partial charge in [0.05, 0.1) is 12.4 Å². The molecule has 0 spiro atoms. The molecule has 2 aromatic rings. The van der Waals surface area contributed by atoms with E-state index >= 15 is 0 Å². The average Bonchev–Trinajstić information content (AvgIpc) is 2.41. The van der Waals surface area contributed by atoms with Crippen LogP contribution in [0.4, 0.5) is 0 Å². The van der Waals surface area contributed by atoms with E-state index in [9.17, 15) is 4.79 Å². The number of nitrogens with zero attached hydrogens (tertiary/aromatic N) is 3. The molecule has 94 valence electrons. The van der Waals surface area contributed by atoms with Gasteiger partial charge in [-0.15, -0.1) is 0 Å². The number of benzene rings is 1. The summed E-state index contributed by atoms with van der Waals surface area (Å²) >= 11 is 0. The van der Waals surface area contributed by atoms with Crippen LogP contribution >= 0.6 is 0 Å². The van der Waals surface area contributed by atoms with Gasteiger partial charge >= 0.3 is 5.97 Å². The van der Waals surface area contributed by atoms with Gasteiger partial charge in [-0.05, 0) is 18.6 Å². The SMILES string of the molecule is Cc1cccc(C(=O)O)c1Oc1cnc(C#N)cn1. The van der Waals surface area contributed by atoms with E-state index in [4.69, 9.17) is 15.1 Å². The fourth-order valence-corrected chi connectivity index (χ4v) is 1.49. The van der Waals surface area contributed by atoms with Gasteiger partial charge in [0.25, 0.3) is 0 Å². The zero-order valence-electron chi connectivity index (χ0n) is 9.99. The first kappa shape index (κ1) is 12.5. The van der Waals surface area contributed by atoms with Gasteiger partial charge in [0, 0.05) is 0 Å². The van der Waals surface area contributed by atoms with Crippen molar-refractivity contribution in [3.05, 3.63) is 47.4 Å². The number of aromatic nitrogens is 2. The monoisotopic (exact) mass is 255 g/mol. The van der Waals surface area contributed by atoms with Crippen molar-refractivity contribution in [3.8, 4) is 17.7 Å². The second kappa shape index (κ2) is 5.14. The van der Waals surface area contributed by atoms with Crippen LogP contribution in [0.5, 0.6) is 11.6 Å². The number of hydrogen-bond donors (Lipinski definition) is 1. The Balaban J connectivity index is 2.37. The van der Waals surface area contributed by atoms with Crippen LogP contribution in [0.25, 0.3) is 0 Å². The van der Waals surface area contributed by atoms with Crippen molar-refractivity contribution in [1.29, 1.82) is 5.26 Å². The molecule has 0 aliphatic heterocycles. The van der Waals surface area contributed by atoms with Crippen molar-refractivity contribution >= 4 is 5.97 Å². The van der Waals surface area contributed by atoms with Gasteiger partial charge in [-0.25, -0.2) is 14.8 Å². The smallest absolute Gasteiger partial charge is 0.339 e. The highest BCUT2D eigenvalue weighted by molar-refractivity contribution is 5.91. The molecule has 19 heavy (non-hydrogen) atoms. The average molecular weight is 255 g/mol. The number of aryl methyl sites for hydroxylation is 1. The molecular formula is C13H9N3O3. The van der Waals surface area contributed by atoms with E-state index in [1.165, 1.54) is 18.5 Å². The molecule has 0 saturated heterocycles. The minimum absolute atomic E-state index is 0.0474. The lowest BCUT2D eigenvalue weighted by Crippen LogP contribution is -2.02. The third kappa shape index (κ3) is 2.66. The first-order chi connectivity index (χ1) is 9.11. The maximum atomic E-state index is 11.1. The van der Waals surface area contributed by atoms with Crippen LogP contribution in [0.15, 0.2) is 30.6 Å². The zero-order valence-corrected chi connectivity index (χ0v) is 9.99. The van der Waals surface area contributed by atoms with Crippen LogP contribution in [0.2, 0.25) is 0 Å². The molecule has 0 saturated carbocycles. The van der Waals surface area contributed by atoms with Crippen molar-refractivity contribution < 1.29 is 14.6 Å². The number of rotatable bonds is 3. The van der Waals surface area contributed by atoms with Gasteiger partial charge in [-0.2, -0.15) is 5.26 Å². The Kier molecular flexibility index (Phi) is 3.39. The first-order valence-electron chi connectivity index (χ1n) is 5.34. The van der Waals surface area contributed by atoms with Gasteiger partial charge in [-0.3, -0.25) is 0 Å². The molecular weight excluding hydrogens is 246 g/mol. The van der Waals surface area contributed by atoms with E-state index in [0.717, 1.165) is 0 Å². The third-order valence-electron chi connectivity index (χ3n) is 2.39.